The van der Waals surface area contributed by atoms with E-state index in [0.717, 1.165) is 12.1 Å². The zero-order chi connectivity index (χ0) is 10.7. The molecular formula is C9H9NO4. The smallest absolute Gasteiger partial charge is 0.273 e. The summed E-state index contributed by atoms with van der Waals surface area (Å²) in [5.41, 5.74) is -0.110. The molecule has 1 aromatic rings. The van der Waals surface area contributed by atoms with Gasteiger partial charge in [-0.2, -0.15) is 0 Å². The van der Waals surface area contributed by atoms with Crippen LogP contribution in [0.2, 0.25) is 0 Å². The van der Waals surface area contributed by atoms with E-state index in [0.29, 0.717) is 0 Å². The third-order valence-corrected chi connectivity index (χ3v) is 1.76. The standard InChI is InChI=1S/C9H9NO4/c1-2-9(12)6-3-7(10(13)14)5-8(11)4-6/h3-5,11H,2H2,1H3. The van der Waals surface area contributed by atoms with E-state index in [-0.39, 0.29) is 29.2 Å². The van der Waals surface area contributed by atoms with Crippen LogP contribution in [0, 0.1) is 10.1 Å². The molecule has 1 aromatic carbocycles. The molecule has 1 N–H and O–H groups in total. The van der Waals surface area contributed by atoms with Gasteiger partial charge in [-0.3, -0.25) is 14.9 Å². The zero-order valence-electron chi connectivity index (χ0n) is 7.56. The summed E-state index contributed by atoms with van der Waals surface area (Å²) in [5.74, 6) is -0.500. The summed E-state index contributed by atoms with van der Waals surface area (Å²) in [4.78, 5) is 21.0. The predicted molar refractivity (Wildman–Crippen MR) is 49.4 cm³/mol. The van der Waals surface area contributed by atoms with Crippen molar-refractivity contribution in [2.24, 2.45) is 0 Å². The van der Waals surface area contributed by atoms with Crippen LogP contribution in [0.25, 0.3) is 0 Å². The van der Waals surface area contributed by atoms with Crippen molar-refractivity contribution in [3.8, 4) is 5.75 Å². The van der Waals surface area contributed by atoms with Crippen molar-refractivity contribution in [3.05, 3.63) is 33.9 Å². The molecule has 5 heteroatoms. The van der Waals surface area contributed by atoms with E-state index in [1.54, 1.807) is 6.92 Å². The molecule has 5 nitrogen and oxygen atoms in total. The summed E-state index contributed by atoms with van der Waals surface area (Å²) < 4.78 is 0. The zero-order valence-corrected chi connectivity index (χ0v) is 7.56. The van der Waals surface area contributed by atoms with Crippen LogP contribution in [-0.4, -0.2) is 15.8 Å². The number of nitro benzene ring substituents is 1. The molecule has 0 amide bonds. The lowest BCUT2D eigenvalue weighted by Gasteiger charge is -1.99. The Bertz CT molecular complexity index is 386. The fourth-order valence-electron chi connectivity index (χ4n) is 1.07. The van der Waals surface area contributed by atoms with Crippen molar-refractivity contribution in [1.82, 2.24) is 0 Å². The normalized spacial score (nSPS) is 9.79. The number of phenolic OH excluding ortho intramolecular Hbond substituents is 1. The Morgan fingerprint density at radius 1 is 1.50 bits per heavy atom. The van der Waals surface area contributed by atoms with Gasteiger partial charge in [0.2, 0.25) is 0 Å². The highest BCUT2D eigenvalue weighted by molar-refractivity contribution is 5.96. The molecule has 0 saturated heterocycles. The quantitative estimate of drug-likeness (QED) is 0.453. The second-order valence-corrected chi connectivity index (χ2v) is 2.77. The molecule has 0 aliphatic heterocycles. The number of carbonyl (C=O) groups is 1. The Morgan fingerprint density at radius 2 is 2.14 bits per heavy atom. The summed E-state index contributed by atoms with van der Waals surface area (Å²) in [7, 11) is 0. The first-order valence-corrected chi connectivity index (χ1v) is 4.06. The van der Waals surface area contributed by atoms with Crippen molar-refractivity contribution in [2.45, 2.75) is 13.3 Å². The van der Waals surface area contributed by atoms with E-state index in [4.69, 9.17) is 5.11 Å². The van der Waals surface area contributed by atoms with Crippen LogP contribution >= 0.6 is 0 Å². The third-order valence-electron chi connectivity index (χ3n) is 1.76. The van der Waals surface area contributed by atoms with Crippen LogP contribution in [0.5, 0.6) is 5.75 Å². The summed E-state index contributed by atoms with van der Waals surface area (Å²) >= 11 is 0. The first kappa shape index (κ1) is 10.2. The number of nitrogens with zero attached hydrogens (tertiary/aromatic N) is 1. The lowest BCUT2D eigenvalue weighted by molar-refractivity contribution is -0.385. The van der Waals surface area contributed by atoms with Gasteiger partial charge < -0.3 is 5.11 Å². The largest absolute Gasteiger partial charge is 0.508 e. The van der Waals surface area contributed by atoms with Gasteiger partial charge in [0, 0.05) is 18.1 Å². The molecule has 74 valence electrons. The van der Waals surface area contributed by atoms with Gasteiger partial charge in [-0.1, -0.05) is 6.92 Å². The lowest BCUT2D eigenvalue weighted by atomic mass is 10.1. The molecule has 0 aliphatic carbocycles. The molecule has 0 fully saturated rings. The Morgan fingerprint density at radius 3 is 2.64 bits per heavy atom. The highest BCUT2D eigenvalue weighted by Crippen LogP contribution is 2.22. The lowest BCUT2D eigenvalue weighted by Crippen LogP contribution is -1.98. The molecule has 0 aliphatic rings. The van der Waals surface area contributed by atoms with E-state index < -0.39 is 4.92 Å². The van der Waals surface area contributed by atoms with Crippen molar-refractivity contribution < 1.29 is 14.8 Å². The number of non-ortho nitro benzene ring substituents is 1. The highest BCUT2D eigenvalue weighted by Gasteiger charge is 2.12. The molecule has 14 heavy (non-hydrogen) atoms. The third kappa shape index (κ3) is 2.07. The summed E-state index contributed by atoms with van der Waals surface area (Å²) in [6, 6.07) is 3.39. The number of hydrogen-bond donors (Lipinski definition) is 1. The number of nitro groups is 1. The van der Waals surface area contributed by atoms with Crippen molar-refractivity contribution in [3.63, 3.8) is 0 Å². The maximum absolute atomic E-state index is 11.2. The maximum atomic E-state index is 11.2. The molecule has 1 rings (SSSR count). The summed E-state index contributed by atoms with van der Waals surface area (Å²) in [6.45, 7) is 1.65. The number of phenols is 1. The van der Waals surface area contributed by atoms with Crippen molar-refractivity contribution in [1.29, 1.82) is 0 Å². The molecule has 0 atom stereocenters. The van der Waals surface area contributed by atoms with Gasteiger partial charge in [0.25, 0.3) is 5.69 Å². The van der Waals surface area contributed by atoms with Crippen LogP contribution in [0.3, 0.4) is 0 Å². The number of aromatic hydroxyl groups is 1. The van der Waals surface area contributed by atoms with Crippen LogP contribution in [0.15, 0.2) is 18.2 Å². The Hall–Kier alpha value is -1.91. The average Bonchev–Trinajstić information content (AvgIpc) is 2.15. The van der Waals surface area contributed by atoms with Gasteiger partial charge in [-0.05, 0) is 6.07 Å². The number of Topliss-reactive ketones (excluding diaryl/α,β-unsaturated/α-hetero) is 1. The van der Waals surface area contributed by atoms with Crippen molar-refractivity contribution in [2.75, 3.05) is 0 Å². The molecule has 0 unspecified atom stereocenters. The second kappa shape index (κ2) is 3.87. The van der Waals surface area contributed by atoms with E-state index >= 15 is 0 Å². The van der Waals surface area contributed by atoms with E-state index in [9.17, 15) is 14.9 Å². The number of ketones is 1. The second-order valence-electron chi connectivity index (χ2n) is 2.77. The Labute approximate surface area is 80.1 Å². The van der Waals surface area contributed by atoms with Gasteiger partial charge in [-0.25, -0.2) is 0 Å². The van der Waals surface area contributed by atoms with E-state index in [2.05, 4.69) is 0 Å². The fourth-order valence-corrected chi connectivity index (χ4v) is 1.07. The minimum atomic E-state index is -0.647. The van der Waals surface area contributed by atoms with E-state index in [1.807, 2.05) is 0 Å². The molecular weight excluding hydrogens is 186 g/mol. The van der Waals surface area contributed by atoms with Gasteiger partial charge in [0.1, 0.15) is 5.75 Å². The minimum Gasteiger partial charge on any atom is -0.508 e. The van der Waals surface area contributed by atoms with Crippen LogP contribution < -0.4 is 0 Å². The first-order chi connectivity index (χ1) is 6.54. The summed E-state index contributed by atoms with van der Waals surface area (Å²) in [6.07, 6.45) is 0.251. The van der Waals surface area contributed by atoms with Crippen LogP contribution in [0.1, 0.15) is 23.7 Å². The first-order valence-electron chi connectivity index (χ1n) is 4.06. The minimum absolute atomic E-state index is 0.166. The molecule has 0 bridgehead atoms. The van der Waals surface area contributed by atoms with Gasteiger partial charge in [0.15, 0.2) is 5.78 Å². The fraction of sp³-hybridized carbons (Fsp3) is 0.222. The van der Waals surface area contributed by atoms with Crippen molar-refractivity contribution >= 4 is 11.5 Å². The predicted octanol–water partition coefficient (Wildman–Crippen LogP) is 1.89. The highest BCUT2D eigenvalue weighted by atomic mass is 16.6. The Kier molecular flexibility index (Phi) is 2.81. The maximum Gasteiger partial charge on any atom is 0.273 e. The monoisotopic (exact) mass is 195 g/mol. The van der Waals surface area contributed by atoms with Crippen LogP contribution in [0.4, 0.5) is 5.69 Å². The molecule has 0 spiro atoms. The Balaban J connectivity index is 3.20. The van der Waals surface area contributed by atoms with Gasteiger partial charge >= 0.3 is 0 Å². The molecule has 0 saturated carbocycles. The average molecular weight is 195 g/mol. The SMILES string of the molecule is CCC(=O)c1cc(O)cc([N+](=O)[O-])c1. The van der Waals surface area contributed by atoms with Gasteiger partial charge in [0.05, 0.1) is 11.0 Å². The molecule has 0 heterocycles. The topological polar surface area (TPSA) is 80.4 Å². The number of hydrogen-bond acceptors (Lipinski definition) is 4. The number of rotatable bonds is 3. The van der Waals surface area contributed by atoms with Crippen LogP contribution in [-0.2, 0) is 0 Å². The van der Waals surface area contributed by atoms with E-state index in [1.165, 1.54) is 6.07 Å². The van der Waals surface area contributed by atoms with Gasteiger partial charge in [-0.15, -0.1) is 0 Å². The molecule has 0 radical (unpaired) electrons. The molecule has 0 aromatic heterocycles. The summed E-state index contributed by atoms with van der Waals surface area (Å²) in [5, 5.41) is 19.5. The number of carbonyl (C=O) groups excluding carboxylic acids is 1. The number of benzene rings is 1.